The van der Waals surface area contributed by atoms with Gasteiger partial charge in [-0.2, -0.15) is 13.2 Å². The summed E-state index contributed by atoms with van der Waals surface area (Å²) >= 11 is 8.95. The van der Waals surface area contributed by atoms with E-state index in [0.29, 0.717) is 9.50 Å². The molecule has 0 bridgehead atoms. The fourth-order valence-electron chi connectivity index (χ4n) is 1.65. The molecule has 0 atom stereocenters. The molecule has 110 valence electrons. The van der Waals surface area contributed by atoms with Crippen molar-refractivity contribution < 1.29 is 18.0 Å². The average Bonchev–Trinajstić information content (AvgIpc) is 2.37. The Kier molecular flexibility index (Phi) is 4.58. The first-order valence-corrected chi connectivity index (χ1v) is 6.88. The first-order valence-electron chi connectivity index (χ1n) is 5.71. The lowest BCUT2D eigenvalue weighted by Gasteiger charge is -2.10. The summed E-state index contributed by atoms with van der Waals surface area (Å²) in [4.78, 5) is 12.0. The fourth-order valence-corrected chi connectivity index (χ4v) is 2.51. The van der Waals surface area contributed by atoms with Crippen LogP contribution in [0.2, 0.25) is 5.02 Å². The van der Waals surface area contributed by atoms with Gasteiger partial charge in [-0.05, 0) is 52.3 Å². The smallest absolute Gasteiger partial charge is 0.322 e. The molecule has 7 heteroatoms. The number of rotatable bonds is 2. The highest BCUT2D eigenvalue weighted by atomic mass is 79.9. The summed E-state index contributed by atoms with van der Waals surface area (Å²) in [6.07, 6.45) is -4.46. The highest BCUT2D eigenvalue weighted by Gasteiger charge is 2.30. The number of anilines is 1. The molecule has 2 nitrogen and oxygen atoms in total. The zero-order valence-corrected chi connectivity index (χ0v) is 12.7. The second kappa shape index (κ2) is 6.07. The van der Waals surface area contributed by atoms with Crippen molar-refractivity contribution in [3.63, 3.8) is 0 Å². The lowest BCUT2D eigenvalue weighted by molar-refractivity contribution is -0.137. The van der Waals surface area contributed by atoms with Crippen LogP contribution in [0.1, 0.15) is 15.9 Å². The van der Waals surface area contributed by atoms with Crippen molar-refractivity contribution in [2.24, 2.45) is 0 Å². The molecule has 0 saturated carbocycles. The zero-order valence-electron chi connectivity index (χ0n) is 10.3. The maximum atomic E-state index is 12.6. The van der Waals surface area contributed by atoms with E-state index >= 15 is 0 Å². The molecule has 0 unspecified atom stereocenters. The fraction of sp³-hybridized carbons (Fsp3) is 0.0714. The van der Waals surface area contributed by atoms with Crippen molar-refractivity contribution in [3.8, 4) is 0 Å². The van der Waals surface area contributed by atoms with E-state index in [1.54, 1.807) is 0 Å². The van der Waals surface area contributed by atoms with Gasteiger partial charge < -0.3 is 5.32 Å². The first kappa shape index (κ1) is 15.9. The second-order valence-electron chi connectivity index (χ2n) is 4.16. The van der Waals surface area contributed by atoms with Crippen molar-refractivity contribution in [2.75, 3.05) is 5.32 Å². The van der Waals surface area contributed by atoms with Gasteiger partial charge >= 0.3 is 6.18 Å². The third-order valence-corrected chi connectivity index (χ3v) is 3.51. The van der Waals surface area contributed by atoms with E-state index in [0.717, 1.165) is 12.1 Å². The Morgan fingerprint density at radius 1 is 1.14 bits per heavy atom. The van der Waals surface area contributed by atoms with Crippen LogP contribution in [0.4, 0.5) is 18.9 Å². The molecule has 21 heavy (non-hydrogen) atoms. The Morgan fingerprint density at radius 2 is 1.86 bits per heavy atom. The molecule has 0 fully saturated rings. The van der Waals surface area contributed by atoms with E-state index in [4.69, 9.17) is 11.6 Å². The van der Waals surface area contributed by atoms with E-state index in [2.05, 4.69) is 21.2 Å². The molecule has 2 aromatic rings. The van der Waals surface area contributed by atoms with Gasteiger partial charge in [-0.15, -0.1) is 0 Å². The summed E-state index contributed by atoms with van der Waals surface area (Å²) < 4.78 is 38.3. The first-order chi connectivity index (χ1) is 9.77. The number of hydrogen-bond donors (Lipinski definition) is 1. The predicted octanol–water partition coefficient (Wildman–Crippen LogP) is 5.37. The van der Waals surface area contributed by atoms with Crippen molar-refractivity contribution in [2.45, 2.75) is 6.18 Å². The summed E-state index contributed by atoms with van der Waals surface area (Å²) in [6.45, 7) is 0. The molecule has 0 saturated heterocycles. The van der Waals surface area contributed by atoms with Crippen LogP contribution in [-0.4, -0.2) is 5.91 Å². The van der Waals surface area contributed by atoms with Gasteiger partial charge in [0.25, 0.3) is 5.91 Å². The summed E-state index contributed by atoms with van der Waals surface area (Å²) in [6, 6.07) is 8.97. The van der Waals surface area contributed by atoms with Crippen LogP contribution in [0.3, 0.4) is 0 Å². The molecular formula is C14H8BrClF3NO. The number of hydrogen-bond acceptors (Lipinski definition) is 1. The van der Waals surface area contributed by atoms with Crippen molar-refractivity contribution in [1.29, 1.82) is 0 Å². The molecule has 1 amide bonds. The van der Waals surface area contributed by atoms with Crippen LogP contribution in [0.15, 0.2) is 46.9 Å². The van der Waals surface area contributed by atoms with Gasteiger partial charge in [0.15, 0.2) is 0 Å². The molecule has 0 heterocycles. The molecule has 0 aliphatic carbocycles. The Bertz CT molecular complexity index is 688. The molecule has 0 radical (unpaired) electrons. The third-order valence-electron chi connectivity index (χ3n) is 2.62. The molecule has 0 aliphatic rings. The minimum absolute atomic E-state index is 0.0664. The standard InChI is InChI=1S/C14H8BrClF3NO/c15-12-7-9(16)4-5-11(12)13(21)20-10-3-1-2-8(6-10)14(17,18)19/h1-7H,(H,20,21). The van der Waals surface area contributed by atoms with E-state index in [-0.39, 0.29) is 11.3 Å². The van der Waals surface area contributed by atoms with E-state index in [1.807, 2.05) is 0 Å². The number of carbonyl (C=O) groups is 1. The van der Waals surface area contributed by atoms with Crippen LogP contribution in [-0.2, 0) is 6.18 Å². The largest absolute Gasteiger partial charge is 0.416 e. The number of amides is 1. The Labute approximate surface area is 132 Å². The van der Waals surface area contributed by atoms with Crippen LogP contribution < -0.4 is 5.32 Å². The summed E-state index contributed by atoms with van der Waals surface area (Å²) in [5, 5.41) is 2.86. The van der Waals surface area contributed by atoms with Crippen molar-refractivity contribution in [1.82, 2.24) is 0 Å². The number of nitrogens with one attached hydrogen (secondary N) is 1. The Balaban J connectivity index is 2.24. The van der Waals surface area contributed by atoms with Crippen LogP contribution >= 0.6 is 27.5 Å². The number of carbonyl (C=O) groups excluding carboxylic acids is 1. The number of benzene rings is 2. The highest BCUT2D eigenvalue weighted by Crippen LogP contribution is 2.31. The van der Waals surface area contributed by atoms with Crippen molar-refractivity contribution >= 4 is 39.1 Å². The van der Waals surface area contributed by atoms with Gasteiger partial charge in [-0.3, -0.25) is 4.79 Å². The number of alkyl halides is 3. The lowest BCUT2D eigenvalue weighted by Crippen LogP contribution is -2.13. The SMILES string of the molecule is O=C(Nc1cccc(C(F)(F)F)c1)c1ccc(Cl)cc1Br. The third kappa shape index (κ3) is 3.98. The predicted molar refractivity (Wildman–Crippen MR) is 78.5 cm³/mol. The minimum Gasteiger partial charge on any atom is -0.322 e. The molecule has 2 rings (SSSR count). The normalized spacial score (nSPS) is 11.3. The second-order valence-corrected chi connectivity index (χ2v) is 5.45. The van der Waals surface area contributed by atoms with Gasteiger partial charge in [-0.1, -0.05) is 17.7 Å². The lowest BCUT2D eigenvalue weighted by atomic mass is 10.1. The maximum absolute atomic E-state index is 12.6. The molecule has 0 aliphatic heterocycles. The molecule has 1 N–H and O–H groups in total. The zero-order chi connectivity index (χ0) is 15.6. The van der Waals surface area contributed by atoms with Crippen LogP contribution in [0, 0.1) is 0 Å². The van der Waals surface area contributed by atoms with Crippen LogP contribution in [0.5, 0.6) is 0 Å². The summed E-state index contributed by atoms with van der Waals surface area (Å²) in [5.74, 6) is -0.530. The minimum atomic E-state index is -4.46. The summed E-state index contributed by atoms with van der Waals surface area (Å²) in [7, 11) is 0. The van der Waals surface area contributed by atoms with E-state index < -0.39 is 17.6 Å². The van der Waals surface area contributed by atoms with Gasteiger partial charge in [0.05, 0.1) is 11.1 Å². The Hall–Kier alpha value is -1.53. The van der Waals surface area contributed by atoms with Crippen molar-refractivity contribution in [3.05, 3.63) is 63.1 Å². The molecule has 0 spiro atoms. The molecule has 0 aromatic heterocycles. The van der Waals surface area contributed by atoms with Gasteiger partial charge in [0, 0.05) is 15.2 Å². The molecule has 2 aromatic carbocycles. The average molecular weight is 379 g/mol. The summed E-state index contributed by atoms with van der Waals surface area (Å²) in [5.41, 5.74) is -0.482. The quantitative estimate of drug-likeness (QED) is 0.747. The van der Waals surface area contributed by atoms with Gasteiger partial charge in [-0.25, -0.2) is 0 Å². The van der Waals surface area contributed by atoms with Gasteiger partial charge in [0.2, 0.25) is 0 Å². The Morgan fingerprint density at radius 3 is 2.48 bits per heavy atom. The highest BCUT2D eigenvalue weighted by molar-refractivity contribution is 9.10. The van der Waals surface area contributed by atoms with E-state index in [1.165, 1.54) is 30.3 Å². The van der Waals surface area contributed by atoms with E-state index in [9.17, 15) is 18.0 Å². The van der Waals surface area contributed by atoms with Gasteiger partial charge in [0.1, 0.15) is 0 Å². The monoisotopic (exact) mass is 377 g/mol. The maximum Gasteiger partial charge on any atom is 0.416 e. The van der Waals surface area contributed by atoms with Crippen LogP contribution in [0.25, 0.3) is 0 Å². The number of halogens is 5. The topological polar surface area (TPSA) is 29.1 Å². The molecular weight excluding hydrogens is 371 g/mol.